The Morgan fingerprint density at radius 2 is 1.69 bits per heavy atom. The number of likely N-dealkylation sites (tertiary alicyclic amines) is 1. The summed E-state index contributed by atoms with van der Waals surface area (Å²) in [6.07, 6.45) is 2.58. The Morgan fingerprint density at radius 3 is 2.35 bits per heavy atom. The Bertz CT molecular complexity index is 780. The minimum Gasteiger partial charge on any atom is -0.341 e. The Balaban J connectivity index is 1.78. The lowest BCUT2D eigenvalue weighted by molar-refractivity contribution is -0.132. The molecule has 26 heavy (non-hydrogen) atoms. The Labute approximate surface area is 155 Å². The summed E-state index contributed by atoms with van der Waals surface area (Å²) >= 11 is 0. The Morgan fingerprint density at radius 1 is 1.00 bits per heavy atom. The molecule has 0 aromatic heterocycles. The minimum absolute atomic E-state index is 0.0172. The van der Waals surface area contributed by atoms with Crippen LogP contribution >= 0.6 is 0 Å². The highest BCUT2D eigenvalue weighted by molar-refractivity contribution is 5.97. The minimum atomic E-state index is -0.537. The molecular formula is C22H26N2O2. The number of amides is 2. The molecule has 1 N–H and O–H groups in total. The number of carbonyl (C=O) groups is 2. The molecule has 2 aromatic carbocycles. The van der Waals surface area contributed by atoms with E-state index in [1.165, 1.54) is 0 Å². The van der Waals surface area contributed by atoms with Gasteiger partial charge in [-0.3, -0.25) is 9.59 Å². The molecule has 0 radical (unpaired) electrons. The predicted octanol–water partition coefficient (Wildman–Crippen LogP) is 3.27. The first kappa shape index (κ1) is 18.2. The van der Waals surface area contributed by atoms with Gasteiger partial charge in [0.05, 0.1) is 0 Å². The average molecular weight is 350 g/mol. The van der Waals surface area contributed by atoms with Crippen molar-refractivity contribution in [3.8, 4) is 0 Å². The number of carbonyl (C=O) groups excluding carboxylic acids is 2. The maximum atomic E-state index is 12.9. The van der Waals surface area contributed by atoms with Crippen LogP contribution in [0.25, 0.3) is 0 Å². The molecular weight excluding hydrogens is 324 g/mol. The average Bonchev–Trinajstić information content (AvgIpc) is 3.18. The van der Waals surface area contributed by atoms with Crippen LogP contribution in [0.3, 0.4) is 0 Å². The molecule has 4 heteroatoms. The summed E-state index contributed by atoms with van der Waals surface area (Å²) in [5.41, 5.74) is 3.87. The second kappa shape index (κ2) is 8.17. The third-order valence-electron chi connectivity index (χ3n) is 5.07. The van der Waals surface area contributed by atoms with Crippen LogP contribution in [0.15, 0.2) is 48.5 Å². The zero-order valence-electron chi connectivity index (χ0n) is 15.5. The molecule has 136 valence electrons. The lowest BCUT2D eigenvalue weighted by Gasteiger charge is -2.24. The topological polar surface area (TPSA) is 49.4 Å². The van der Waals surface area contributed by atoms with E-state index in [2.05, 4.69) is 5.32 Å². The Hall–Kier alpha value is -2.62. The normalized spacial score (nSPS) is 14.9. The smallest absolute Gasteiger partial charge is 0.251 e. The highest BCUT2D eigenvalue weighted by Crippen LogP contribution is 2.14. The summed E-state index contributed by atoms with van der Waals surface area (Å²) < 4.78 is 0. The third-order valence-corrected chi connectivity index (χ3v) is 5.07. The van der Waals surface area contributed by atoms with E-state index in [1.54, 1.807) is 0 Å². The molecule has 2 amide bonds. The van der Waals surface area contributed by atoms with Crippen LogP contribution in [0, 0.1) is 13.8 Å². The quantitative estimate of drug-likeness (QED) is 0.900. The molecule has 0 saturated carbocycles. The highest BCUT2D eigenvalue weighted by Gasteiger charge is 2.28. The molecule has 1 atom stereocenters. The van der Waals surface area contributed by atoms with Crippen molar-refractivity contribution in [1.29, 1.82) is 0 Å². The van der Waals surface area contributed by atoms with Crippen LogP contribution in [0.2, 0.25) is 0 Å². The number of hydrogen-bond donors (Lipinski definition) is 1. The van der Waals surface area contributed by atoms with Gasteiger partial charge < -0.3 is 10.2 Å². The van der Waals surface area contributed by atoms with Gasteiger partial charge in [-0.2, -0.15) is 0 Å². The first-order valence-corrected chi connectivity index (χ1v) is 9.25. The first-order chi connectivity index (χ1) is 12.5. The van der Waals surface area contributed by atoms with E-state index < -0.39 is 6.04 Å². The van der Waals surface area contributed by atoms with Gasteiger partial charge in [-0.05, 0) is 55.5 Å². The molecule has 1 heterocycles. The Kier molecular flexibility index (Phi) is 5.71. The van der Waals surface area contributed by atoms with Gasteiger partial charge in [0.1, 0.15) is 6.04 Å². The van der Waals surface area contributed by atoms with Gasteiger partial charge in [-0.15, -0.1) is 0 Å². The van der Waals surface area contributed by atoms with Crippen molar-refractivity contribution in [2.45, 2.75) is 39.2 Å². The second-order valence-electron chi connectivity index (χ2n) is 7.05. The monoisotopic (exact) mass is 350 g/mol. The van der Waals surface area contributed by atoms with Crippen molar-refractivity contribution in [3.05, 3.63) is 70.8 Å². The van der Waals surface area contributed by atoms with Crippen molar-refractivity contribution in [1.82, 2.24) is 10.2 Å². The summed E-state index contributed by atoms with van der Waals surface area (Å²) in [6, 6.07) is 15.0. The fraction of sp³-hybridized carbons (Fsp3) is 0.364. The van der Waals surface area contributed by atoms with Crippen LogP contribution < -0.4 is 5.32 Å². The van der Waals surface area contributed by atoms with E-state index in [1.807, 2.05) is 67.3 Å². The highest BCUT2D eigenvalue weighted by atomic mass is 16.2. The number of nitrogens with zero attached hydrogens (tertiary/aromatic N) is 1. The van der Waals surface area contributed by atoms with Crippen LogP contribution in [-0.4, -0.2) is 35.8 Å². The van der Waals surface area contributed by atoms with E-state index >= 15 is 0 Å². The number of nitrogens with one attached hydrogen (secondary N) is 1. The predicted molar refractivity (Wildman–Crippen MR) is 103 cm³/mol. The standard InChI is InChI=1S/C22H26N2O2/c1-16-10-11-19(14-17(16)2)21(25)23-20(15-18-8-4-3-5-9-18)22(26)24-12-6-7-13-24/h3-5,8-11,14,20H,6-7,12-13,15H2,1-2H3,(H,23,25)/t20-/m0/s1. The van der Waals surface area contributed by atoms with Crippen molar-refractivity contribution in [3.63, 3.8) is 0 Å². The molecule has 3 rings (SSSR count). The zero-order chi connectivity index (χ0) is 18.5. The SMILES string of the molecule is Cc1ccc(C(=O)N[C@@H](Cc2ccccc2)C(=O)N2CCCC2)cc1C. The summed E-state index contributed by atoms with van der Waals surface area (Å²) in [6.45, 7) is 5.57. The molecule has 4 nitrogen and oxygen atoms in total. The van der Waals surface area contributed by atoms with E-state index in [-0.39, 0.29) is 11.8 Å². The van der Waals surface area contributed by atoms with Gasteiger partial charge in [0.2, 0.25) is 5.91 Å². The molecule has 1 aliphatic rings. The molecule has 1 aliphatic heterocycles. The van der Waals surface area contributed by atoms with Gasteiger partial charge in [-0.1, -0.05) is 36.4 Å². The summed E-state index contributed by atoms with van der Waals surface area (Å²) in [5, 5.41) is 2.97. The number of rotatable bonds is 5. The van der Waals surface area contributed by atoms with Gasteiger partial charge in [0, 0.05) is 25.1 Å². The molecule has 1 saturated heterocycles. The molecule has 1 fully saturated rings. The molecule has 0 bridgehead atoms. The van der Waals surface area contributed by atoms with Crippen molar-refractivity contribution in [2.24, 2.45) is 0 Å². The first-order valence-electron chi connectivity index (χ1n) is 9.25. The summed E-state index contributed by atoms with van der Waals surface area (Å²) in [7, 11) is 0. The van der Waals surface area contributed by atoms with Gasteiger partial charge in [0.25, 0.3) is 5.91 Å². The van der Waals surface area contributed by atoms with Crippen LogP contribution in [0.4, 0.5) is 0 Å². The van der Waals surface area contributed by atoms with E-state index in [0.29, 0.717) is 12.0 Å². The number of aryl methyl sites for hydroxylation is 2. The number of benzene rings is 2. The van der Waals surface area contributed by atoms with E-state index in [4.69, 9.17) is 0 Å². The molecule has 0 unspecified atom stereocenters. The van der Waals surface area contributed by atoms with E-state index in [9.17, 15) is 9.59 Å². The van der Waals surface area contributed by atoms with Crippen molar-refractivity contribution in [2.75, 3.05) is 13.1 Å². The molecule has 2 aromatic rings. The molecule has 0 spiro atoms. The summed E-state index contributed by atoms with van der Waals surface area (Å²) in [4.78, 5) is 27.6. The lowest BCUT2D eigenvalue weighted by Crippen LogP contribution is -2.49. The summed E-state index contributed by atoms with van der Waals surface area (Å²) in [5.74, 6) is -0.176. The molecule has 0 aliphatic carbocycles. The van der Waals surface area contributed by atoms with Crippen molar-refractivity contribution < 1.29 is 9.59 Å². The van der Waals surface area contributed by atoms with Crippen LogP contribution in [-0.2, 0) is 11.2 Å². The third kappa shape index (κ3) is 4.31. The van der Waals surface area contributed by atoms with E-state index in [0.717, 1.165) is 42.6 Å². The maximum absolute atomic E-state index is 12.9. The zero-order valence-corrected chi connectivity index (χ0v) is 15.5. The van der Waals surface area contributed by atoms with Gasteiger partial charge >= 0.3 is 0 Å². The van der Waals surface area contributed by atoms with Crippen LogP contribution in [0.1, 0.15) is 39.9 Å². The van der Waals surface area contributed by atoms with Gasteiger partial charge in [-0.25, -0.2) is 0 Å². The fourth-order valence-corrected chi connectivity index (χ4v) is 3.33. The largest absolute Gasteiger partial charge is 0.341 e. The van der Waals surface area contributed by atoms with Crippen LogP contribution in [0.5, 0.6) is 0 Å². The fourth-order valence-electron chi connectivity index (χ4n) is 3.33. The lowest BCUT2D eigenvalue weighted by atomic mass is 10.0. The van der Waals surface area contributed by atoms with Gasteiger partial charge in [0.15, 0.2) is 0 Å². The maximum Gasteiger partial charge on any atom is 0.251 e. The number of hydrogen-bond acceptors (Lipinski definition) is 2. The van der Waals surface area contributed by atoms with Crippen molar-refractivity contribution >= 4 is 11.8 Å². The second-order valence-corrected chi connectivity index (χ2v) is 7.05.